The van der Waals surface area contributed by atoms with Crippen LogP contribution in [0.4, 0.5) is 5.69 Å². The van der Waals surface area contributed by atoms with Crippen LogP contribution < -0.4 is 14.8 Å². The molecular formula is C21H23NO3. The van der Waals surface area contributed by atoms with E-state index in [2.05, 4.69) is 12.2 Å². The Morgan fingerprint density at radius 1 is 1.04 bits per heavy atom. The molecule has 1 N–H and O–H groups in total. The fraction of sp³-hybridized carbons (Fsp3) is 0.286. The minimum absolute atomic E-state index is 0.0811. The first kappa shape index (κ1) is 17.1. The molecule has 1 aliphatic heterocycles. The van der Waals surface area contributed by atoms with Crippen molar-refractivity contribution in [3.8, 4) is 11.5 Å². The van der Waals surface area contributed by atoms with Crippen molar-refractivity contribution in [1.29, 1.82) is 0 Å². The van der Waals surface area contributed by atoms with Gasteiger partial charge in [-0.25, -0.2) is 0 Å². The summed E-state index contributed by atoms with van der Waals surface area (Å²) in [5.74, 6) is 1.37. The first-order chi connectivity index (χ1) is 12.2. The van der Waals surface area contributed by atoms with Gasteiger partial charge in [0.05, 0.1) is 13.2 Å². The number of para-hydroxylation sites is 1. The molecule has 0 fully saturated rings. The van der Waals surface area contributed by atoms with Gasteiger partial charge < -0.3 is 14.8 Å². The average Bonchev–Trinajstić information content (AvgIpc) is 2.93. The van der Waals surface area contributed by atoms with Gasteiger partial charge in [-0.05, 0) is 43.2 Å². The van der Waals surface area contributed by atoms with Crippen LogP contribution in [0.1, 0.15) is 37.8 Å². The van der Waals surface area contributed by atoms with Crippen molar-refractivity contribution in [2.45, 2.75) is 26.7 Å². The standard InChI is InChI=1S/C21H23NO3/c1-3-5-12-25-19-11-10-15(14-20(19)24-4-2)13-17-16-8-6-7-9-18(16)22-21(17)23/h6-11,13-14H,3-5,12H2,1-2H3,(H,22,23)/b17-13-. The molecule has 0 unspecified atom stereocenters. The fourth-order valence-corrected chi connectivity index (χ4v) is 2.78. The number of anilines is 1. The lowest BCUT2D eigenvalue weighted by Crippen LogP contribution is -2.03. The molecule has 130 valence electrons. The summed E-state index contributed by atoms with van der Waals surface area (Å²) in [6, 6.07) is 13.5. The highest BCUT2D eigenvalue weighted by Gasteiger charge is 2.23. The van der Waals surface area contributed by atoms with Crippen LogP contribution >= 0.6 is 0 Å². The average molecular weight is 337 g/mol. The SMILES string of the molecule is CCCCOc1ccc(/C=C2\C(=O)Nc3ccccc32)cc1OCC. The molecule has 1 amide bonds. The molecule has 0 saturated carbocycles. The lowest BCUT2D eigenvalue weighted by atomic mass is 10.0. The van der Waals surface area contributed by atoms with E-state index >= 15 is 0 Å². The number of ether oxygens (including phenoxy) is 2. The maximum absolute atomic E-state index is 12.3. The van der Waals surface area contributed by atoms with E-state index in [1.807, 2.05) is 55.5 Å². The topological polar surface area (TPSA) is 47.6 Å². The Hall–Kier alpha value is -2.75. The van der Waals surface area contributed by atoms with Gasteiger partial charge in [-0.3, -0.25) is 4.79 Å². The molecule has 0 saturated heterocycles. The number of rotatable bonds is 7. The number of hydrogen-bond donors (Lipinski definition) is 1. The summed E-state index contributed by atoms with van der Waals surface area (Å²) in [5.41, 5.74) is 3.35. The van der Waals surface area contributed by atoms with Gasteiger partial charge in [-0.15, -0.1) is 0 Å². The Balaban J connectivity index is 1.90. The van der Waals surface area contributed by atoms with E-state index in [1.165, 1.54) is 0 Å². The van der Waals surface area contributed by atoms with Crippen LogP contribution in [0.25, 0.3) is 11.6 Å². The van der Waals surface area contributed by atoms with Crippen LogP contribution in [0.2, 0.25) is 0 Å². The van der Waals surface area contributed by atoms with Gasteiger partial charge >= 0.3 is 0 Å². The summed E-state index contributed by atoms with van der Waals surface area (Å²) in [4.78, 5) is 12.3. The van der Waals surface area contributed by atoms with E-state index in [1.54, 1.807) is 0 Å². The van der Waals surface area contributed by atoms with E-state index in [4.69, 9.17) is 9.47 Å². The van der Waals surface area contributed by atoms with Gasteiger partial charge in [0.1, 0.15) is 0 Å². The van der Waals surface area contributed by atoms with Gasteiger partial charge in [-0.2, -0.15) is 0 Å². The number of hydrogen-bond acceptors (Lipinski definition) is 3. The second kappa shape index (κ2) is 7.88. The molecule has 0 atom stereocenters. The van der Waals surface area contributed by atoms with Crippen molar-refractivity contribution in [3.05, 3.63) is 53.6 Å². The van der Waals surface area contributed by atoms with E-state index in [0.29, 0.717) is 24.5 Å². The number of nitrogens with one attached hydrogen (secondary N) is 1. The minimum atomic E-state index is -0.0811. The molecule has 2 aromatic carbocycles. The number of carbonyl (C=O) groups excluding carboxylic acids is 1. The van der Waals surface area contributed by atoms with Gasteiger partial charge in [0.15, 0.2) is 11.5 Å². The highest BCUT2D eigenvalue weighted by Crippen LogP contribution is 2.35. The normalized spacial score (nSPS) is 14.3. The number of carbonyl (C=O) groups is 1. The Kier molecular flexibility index (Phi) is 5.39. The van der Waals surface area contributed by atoms with Crippen molar-refractivity contribution >= 4 is 23.2 Å². The van der Waals surface area contributed by atoms with E-state index in [-0.39, 0.29) is 5.91 Å². The first-order valence-corrected chi connectivity index (χ1v) is 8.75. The largest absolute Gasteiger partial charge is 0.490 e. The highest BCUT2D eigenvalue weighted by atomic mass is 16.5. The quantitative estimate of drug-likeness (QED) is 0.585. The number of benzene rings is 2. The van der Waals surface area contributed by atoms with Crippen LogP contribution in [0.15, 0.2) is 42.5 Å². The zero-order valence-electron chi connectivity index (χ0n) is 14.7. The molecule has 2 aromatic rings. The molecule has 25 heavy (non-hydrogen) atoms. The van der Waals surface area contributed by atoms with Crippen molar-refractivity contribution < 1.29 is 14.3 Å². The number of fused-ring (bicyclic) bond motifs is 1. The van der Waals surface area contributed by atoms with Crippen molar-refractivity contribution in [3.63, 3.8) is 0 Å². The smallest absolute Gasteiger partial charge is 0.256 e. The van der Waals surface area contributed by atoms with Gasteiger partial charge in [0, 0.05) is 16.8 Å². The Morgan fingerprint density at radius 3 is 2.68 bits per heavy atom. The first-order valence-electron chi connectivity index (χ1n) is 8.75. The Morgan fingerprint density at radius 2 is 1.88 bits per heavy atom. The molecule has 3 rings (SSSR count). The lowest BCUT2D eigenvalue weighted by Gasteiger charge is -2.12. The van der Waals surface area contributed by atoms with Gasteiger partial charge in [0.2, 0.25) is 0 Å². The third-order valence-corrected chi connectivity index (χ3v) is 4.04. The van der Waals surface area contributed by atoms with Gasteiger partial charge in [0.25, 0.3) is 5.91 Å². The third-order valence-electron chi connectivity index (χ3n) is 4.04. The second-order valence-corrected chi connectivity index (χ2v) is 5.90. The highest BCUT2D eigenvalue weighted by molar-refractivity contribution is 6.34. The number of unbranched alkanes of at least 4 members (excludes halogenated alkanes) is 1. The molecule has 1 aliphatic rings. The summed E-state index contributed by atoms with van der Waals surface area (Å²) >= 11 is 0. The molecule has 0 aromatic heterocycles. The summed E-state index contributed by atoms with van der Waals surface area (Å²) in [5, 5.41) is 2.89. The molecule has 4 heteroatoms. The summed E-state index contributed by atoms with van der Waals surface area (Å²) in [6.07, 6.45) is 3.98. The van der Waals surface area contributed by atoms with Crippen molar-refractivity contribution in [1.82, 2.24) is 0 Å². The van der Waals surface area contributed by atoms with Gasteiger partial charge in [-0.1, -0.05) is 37.6 Å². The summed E-state index contributed by atoms with van der Waals surface area (Å²) in [6.45, 7) is 5.31. The molecule has 4 nitrogen and oxygen atoms in total. The molecular weight excluding hydrogens is 314 g/mol. The van der Waals surface area contributed by atoms with Crippen molar-refractivity contribution in [2.24, 2.45) is 0 Å². The van der Waals surface area contributed by atoms with Crippen LogP contribution in [-0.2, 0) is 4.79 Å². The van der Waals surface area contributed by atoms with E-state index < -0.39 is 0 Å². The molecule has 1 heterocycles. The monoisotopic (exact) mass is 337 g/mol. The number of amides is 1. The van der Waals surface area contributed by atoms with Crippen LogP contribution in [0.3, 0.4) is 0 Å². The second-order valence-electron chi connectivity index (χ2n) is 5.90. The van der Waals surface area contributed by atoms with Crippen LogP contribution in [0, 0.1) is 0 Å². The van der Waals surface area contributed by atoms with Crippen LogP contribution in [0.5, 0.6) is 11.5 Å². The fourth-order valence-electron chi connectivity index (χ4n) is 2.78. The Labute approximate surface area is 148 Å². The van der Waals surface area contributed by atoms with Crippen molar-refractivity contribution in [2.75, 3.05) is 18.5 Å². The molecule has 0 radical (unpaired) electrons. The summed E-state index contributed by atoms with van der Waals surface area (Å²) < 4.78 is 11.5. The predicted molar refractivity (Wildman–Crippen MR) is 101 cm³/mol. The zero-order chi connectivity index (χ0) is 17.6. The Bertz CT molecular complexity index is 795. The van der Waals surface area contributed by atoms with Crippen LogP contribution in [-0.4, -0.2) is 19.1 Å². The maximum atomic E-state index is 12.3. The molecule has 0 aliphatic carbocycles. The van der Waals surface area contributed by atoms with E-state index in [9.17, 15) is 4.79 Å². The minimum Gasteiger partial charge on any atom is -0.490 e. The maximum Gasteiger partial charge on any atom is 0.256 e. The predicted octanol–water partition coefficient (Wildman–Crippen LogP) is 4.76. The molecule has 0 bridgehead atoms. The van der Waals surface area contributed by atoms with E-state index in [0.717, 1.165) is 35.4 Å². The summed E-state index contributed by atoms with van der Waals surface area (Å²) in [7, 11) is 0. The lowest BCUT2D eigenvalue weighted by molar-refractivity contribution is -0.110. The zero-order valence-corrected chi connectivity index (χ0v) is 14.7. The molecule has 0 spiro atoms. The third kappa shape index (κ3) is 3.85.